The van der Waals surface area contributed by atoms with Crippen molar-refractivity contribution < 1.29 is 5.11 Å². The van der Waals surface area contributed by atoms with Gasteiger partial charge in [0.2, 0.25) is 0 Å². The molecule has 1 aromatic heterocycles. The molecule has 0 spiro atoms. The van der Waals surface area contributed by atoms with Crippen molar-refractivity contribution in [2.24, 2.45) is 0 Å². The molecule has 0 bridgehead atoms. The summed E-state index contributed by atoms with van der Waals surface area (Å²) in [5.74, 6) is 0.857. The van der Waals surface area contributed by atoms with Crippen LogP contribution in [0.2, 0.25) is 0 Å². The monoisotopic (exact) mass is 183 g/mol. The Hall–Kier alpha value is -0.900. The topological polar surface area (TPSA) is 61.8 Å². The summed E-state index contributed by atoms with van der Waals surface area (Å²) >= 11 is 0. The van der Waals surface area contributed by atoms with Gasteiger partial charge in [0, 0.05) is 6.42 Å². The second kappa shape index (κ2) is 5.70. The van der Waals surface area contributed by atoms with E-state index in [0.29, 0.717) is 0 Å². The Morgan fingerprint density at radius 1 is 1.54 bits per heavy atom. The van der Waals surface area contributed by atoms with Crippen LogP contribution in [0.5, 0.6) is 0 Å². The van der Waals surface area contributed by atoms with Gasteiger partial charge in [0.25, 0.3) is 0 Å². The maximum Gasteiger partial charge on any atom is 0.137 e. The number of unbranched alkanes of at least 4 members (excludes halogenated alkanes) is 1. The summed E-state index contributed by atoms with van der Waals surface area (Å²) in [7, 11) is 0. The number of aryl methyl sites for hydroxylation is 1. The van der Waals surface area contributed by atoms with Gasteiger partial charge in [-0.2, -0.15) is 5.10 Å². The van der Waals surface area contributed by atoms with E-state index in [1.807, 2.05) is 0 Å². The minimum Gasteiger partial charge on any atom is -0.393 e. The molecule has 74 valence electrons. The predicted octanol–water partition coefficient (Wildman–Crippen LogP) is 1.29. The number of aromatic nitrogens is 3. The predicted molar refractivity (Wildman–Crippen MR) is 50.2 cm³/mol. The molecule has 0 saturated heterocycles. The first kappa shape index (κ1) is 10.2. The lowest BCUT2D eigenvalue weighted by atomic mass is 10.1. The minimum atomic E-state index is -0.190. The molecule has 1 atom stereocenters. The van der Waals surface area contributed by atoms with Gasteiger partial charge in [-0.25, -0.2) is 4.98 Å². The summed E-state index contributed by atoms with van der Waals surface area (Å²) in [6, 6.07) is 0. The fourth-order valence-corrected chi connectivity index (χ4v) is 1.24. The fourth-order valence-electron chi connectivity index (χ4n) is 1.24. The average Bonchev–Trinajstić information content (AvgIpc) is 2.64. The molecule has 0 amide bonds. The molecular formula is C9H17N3O. The van der Waals surface area contributed by atoms with E-state index in [2.05, 4.69) is 22.1 Å². The van der Waals surface area contributed by atoms with Crippen LogP contribution in [-0.4, -0.2) is 26.4 Å². The summed E-state index contributed by atoms with van der Waals surface area (Å²) in [5.41, 5.74) is 0. The SMILES string of the molecule is CCCCC(O)CCc1ncn[nH]1. The van der Waals surface area contributed by atoms with E-state index in [1.165, 1.54) is 6.33 Å². The van der Waals surface area contributed by atoms with E-state index in [1.54, 1.807) is 0 Å². The fraction of sp³-hybridized carbons (Fsp3) is 0.778. The number of nitrogens with zero attached hydrogens (tertiary/aromatic N) is 2. The number of rotatable bonds is 6. The van der Waals surface area contributed by atoms with Gasteiger partial charge in [0.1, 0.15) is 12.2 Å². The number of hydrogen-bond donors (Lipinski definition) is 2. The van der Waals surface area contributed by atoms with Crippen molar-refractivity contribution >= 4 is 0 Å². The lowest BCUT2D eigenvalue weighted by molar-refractivity contribution is 0.151. The Labute approximate surface area is 78.4 Å². The number of hydrogen-bond acceptors (Lipinski definition) is 3. The third-order valence-corrected chi connectivity index (χ3v) is 2.07. The first-order chi connectivity index (χ1) is 6.33. The van der Waals surface area contributed by atoms with Crippen LogP contribution >= 0.6 is 0 Å². The highest BCUT2D eigenvalue weighted by Gasteiger charge is 2.04. The molecule has 1 rings (SSSR count). The third-order valence-electron chi connectivity index (χ3n) is 2.07. The van der Waals surface area contributed by atoms with Gasteiger partial charge in [0.05, 0.1) is 6.10 Å². The summed E-state index contributed by atoms with van der Waals surface area (Å²) in [6.07, 6.45) is 5.99. The van der Waals surface area contributed by atoms with Crippen LogP contribution in [0.1, 0.15) is 38.4 Å². The van der Waals surface area contributed by atoms with Crippen LogP contribution in [0.4, 0.5) is 0 Å². The van der Waals surface area contributed by atoms with Crippen molar-refractivity contribution in [1.29, 1.82) is 0 Å². The molecule has 0 aliphatic rings. The summed E-state index contributed by atoms with van der Waals surface area (Å²) in [5, 5.41) is 16.0. The molecule has 0 aliphatic heterocycles. The highest BCUT2D eigenvalue weighted by Crippen LogP contribution is 2.06. The standard InChI is InChI=1S/C9H17N3O/c1-2-3-4-8(13)5-6-9-10-7-11-12-9/h7-8,13H,2-6H2,1H3,(H,10,11,12). The molecule has 4 nitrogen and oxygen atoms in total. The van der Waals surface area contributed by atoms with Gasteiger partial charge in [-0.15, -0.1) is 0 Å². The van der Waals surface area contributed by atoms with Crippen LogP contribution in [0.15, 0.2) is 6.33 Å². The molecule has 1 heterocycles. The van der Waals surface area contributed by atoms with Gasteiger partial charge >= 0.3 is 0 Å². The van der Waals surface area contributed by atoms with Crippen molar-refractivity contribution in [3.63, 3.8) is 0 Å². The first-order valence-electron chi connectivity index (χ1n) is 4.85. The number of nitrogens with one attached hydrogen (secondary N) is 1. The molecular weight excluding hydrogens is 166 g/mol. The van der Waals surface area contributed by atoms with E-state index in [9.17, 15) is 5.11 Å². The lowest BCUT2D eigenvalue weighted by Gasteiger charge is -2.07. The Morgan fingerprint density at radius 2 is 2.38 bits per heavy atom. The van der Waals surface area contributed by atoms with Crippen LogP contribution in [-0.2, 0) is 6.42 Å². The largest absolute Gasteiger partial charge is 0.393 e. The van der Waals surface area contributed by atoms with Gasteiger partial charge in [-0.05, 0) is 12.8 Å². The van der Waals surface area contributed by atoms with Crippen molar-refractivity contribution in [1.82, 2.24) is 15.2 Å². The minimum absolute atomic E-state index is 0.190. The molecule has 0 aromatic carbocycles. The zero-order valence-corrected chi connectivity index (χ0v) is 8.03. The molecule has 1 unspecified atom stereocenters. The number of H-pyrrole nitrogens is 1. The Bertz CT molecular complexity index is 211. The van der Waals surface area contributed by atoms with Crippen molar-refractivity contribution in [2.45, 2.75) is 45.1 Å². The second-order valence-corrected chi connectivity index (χ2v) is 3.27. The van der Waals surface area contributed by atoms with E-state index in [4.69, 9.17) is 0 Å². The van der Waals surface area contributed by atoms with E-state index < -0.39 is 0 Å². The molecule has 0 saturated carbocycles. The second-order valence-electron chi connectivity index (χ2n) is 3.27. The van der Waals surface area contributed by atoms with Gasteiger partial charge in [0.15, 0.2) is 0 Å². The molecule has 0 aliphatic carbocycles. The Kier molecular flexibility index (Phi) is 4.46. The molecule has 0 radical (unpaired) electrons. The smallest absolute Gasteiger partial charge is 0.137 e. The van der Waals surface area contributed by atoms with Crippen LogP contribution in [0.3, 0.4) is 0 Å². The normalized spacial score (nSPS) is 13.1. The first-order valence-corrected chi connectivity index (χ1v) is 4.85. The zero-order chi connectivity index (χ0) is 9.52. The summed E-state index contributed by atoms with van der Waals surface area (Å²) in [6.45, 7) is 2.13. The highest BCUT2D eigenvalue weighted by atomic mass is 16.3. The van der Waals surface area contributed by atoms with Crippen molar-refractivity contribution in [3.8, 4) is 0 Å². The van der Waals surface area contributed by atoms with Crippen molar-refractivity contribution in [2.75, 3.05) is 0 Å². The molecule has 0 fully saturated rings. The number of aliphatic hydroxyl groups excluding tert-OH is 1. The number of aromatic amines is 1. The Morgan fingerprint density at radius 3 is 3.00 bits per heavy atom. The molecule has 13 heavy (non-hydrogen) atoms. The third kappa shape index (κ3) is 4.03. The zero-order valence-electron chi connectivity index (χ0n) is 8.03. The van der Waals surface area contributed by atoms with Crippen molar-refractivity contribution in [3.05, 3.63) is 12.2 Å². The summed E-state index contributed by atoms with van der Waals surface area (Å²) in [4.78, 5) is 3.99. The highest BCUT2D eigenvalue weighted by molar-refractivity contribution is 4.80. The van der Waals surface area contributed by atoms with E-state index >= 15 is 0 Å². The van der Waals surface area contributed by atoms with Gasteiger partial charge < -0.3 is 5.11 Å². The maximum atomic E-state index is 9.52. The van der Waals surface area contributed by atoms with Crippen LogP contribution in [0, 0.1) is 0 Å². The number of aliphatic hydroxyl groups is 1. The molecule has 4 heteroatoms. The van der Waals surface area contributed by atoms with E-state index in [-0.39, 0.29) is 6.10 Å². The Balaban J connectivity index is 2.11. The maximum absolute atomic E-state index is 9.52. The van der Waals surface area contributed by atoms with Gasteiger partial charge in [-0.3, -0.25) is 5.10 Å². The van der Waals surface area contributed by atoms with Crippen LogP contribution < -0.4 is 0 Å². The molecule has 2 N–H and O–H groups in total. The quantitative estimate of drug-likeness (QED) is 0.698. The van der Waals surface area contributed by atoms with E-state index in [0.717, 1.165) is 37.9 Å². The molecule has 1 aromatic rings. The van der Waals surface area contributed by atoms with Crippen LogP contribution in [0.25, 0.3) is 0 Å². The lowest BCUT2D eigenvalue weighted by Crippen LogP contribution is -2.08. The average molecular weight is 183 g/mol. The van der Waals surface area contributed by atoms with Gasteiger partial charge in [-0.1, -0.05) is 19.8 Å². The summed E-state index contributed by atoms with van der Waals surface area (Å²) < 4.78 is 0.